The van der Waals surface area contributed by atoms with E-state index in [4.69, 9.17) is 4.43 Å². The molecule has 1 saturated carbocycles. The van der Waals surface area contributed by atoms with Gasteiger partial charge in [-0.1, -0.05) is 0 Å². The Bertz CT molecular complexity index is 288. The van der Waals surface area contributed by atoms with E-state index in [0.29, 0.717) is 12.0 Å². The molecule has 0 aromatic heterocycles. The molecule has 0 aromatic carbocycles. The number of rotatable bonds is 7. The molecule has 114 valence electrons. The maximum Gasteiger partial charge on any atom is 0.188 e. The van der Waals surface area contributed by atoms with Gasteiger partial charge in [0, 0.05) is 17.5 Å². The topological polar surface area (TPSA) is 44.3 Å². The minimum atomic E-state index is -1.68. The minimum Gasteiger partial charge on any atom is -0.598 e. The summed E-state index contributed by atoms with van der Waals surface area (Å²) >= 11 is -0.979. The van der Waals surface area contributed by atoms with Crippen LogP contribution in [-0.4, -0.2) is 29.8 Å². The van der Waals surface area contributed by atoms with Gasteiger partial charge in [0.25, 0.3) is 0 Å². The third kappa shape index (κ3) is 6.62. The van der Waals surface area contributed by atoms with Gasteiger partial charge in [-0.2, -0.15) is 0 Å². The van der Waals surface area contributed by atoms with Crippen molar-refractivity contribution in [3.8, 4) is 0 Å². The van der Waals surface area contributed by atoms with Crippen molar-refractivity contribution in [1.29, 1.82) is 0 Å². The lowest BCUT2D eigenvalue weighted by atomic mass is 10.2. The number of nitrogens with one attached hydrogen (secondary N) is 1. The van der Waals surface area contributed by atoms with Crippen molar-refractivity contribution in [3.05, 3.63) is 0 Å². The predicted molar refractivity (Wildman–Crippen MR) is 86.1 cm³/mol. The average molecular weight is 306 g/mol. The van der Waals surface area contributed by atoms with Crippen molar-refractivity contribution in [1.82, 2.24) is 4.72 Å². The van der Waals surface area contributed by atoms with Gasteiger partial charge >= 0.3 is 0 Å². The van der Waals surface area contributed by atoms with E-state index in [1.807, 2.05) is 20.8 Å². The van der Waals surface area contributed by atoms with Crippen LogP contribution in [0, 0.1) is 5.92 Å². The summed E-state index contributed by atoms with van der Waals surface area (Å²) in [6, 6.07) is 1.41. The molecule has 1 rings (SSSR count). The molecule has 0 radical (unpaired) electrons. The Morgan fingerprint density at radius 3 is 2.21 bits per heavy atom. The summed E-state index contributed by atoms with van der Waals surface area (Å²) in [6.45, 7) is 14.8. The SMILES string of the molecule is CC(C)O[Si](C)(C)C[C@H](N[S+]([O-])C(C)(C)C)C1CC1. The van der Waals surface area contributed by atoms with Gasteiger partial charge in [0.1, 0.15) is 4.75 Å². The van der Waals surface area contributed by atoms with Crippen LogP contribution in [0.1, 0.15) is 47.5 Å². The molecule has 0 amide bonds. The van der Waals surface area contributed by atoms with Crippen LogP contribution in [0.3, 0.4) is 0 Å². The summed E-state index contributed by atoms with van der Waals surface area (Å²) < 4.78 is 21.6. The normalized spacial score (nSPS) is 20.7. The molecule has 0 saturated heterocycles. The summed E-state index contributed by atoms with van der Waals surface area (Å²) in [5.74, 6) is 0.703. The van der Waals surface area contributed by atoms with Gasteiger partial charge in [-0.15, -0.1) is 4.72 Å². The van der Waals surface area contributed by atoms with Gasteiger partial charge in [-0.3, -0.25) is 0 Å². The average Bonchev–Trinajstić information content (AvgIpc) is 2.94. The fourth-order valence-corrected chi connectivity index (χ4v) is 6.25. The monoisotopic (exact) mass is 305 g/mol. The standard InChI is InChI=1S/C14H31NO2SSi/c1-11(2)17-19(6,7)10-13(12-8-9-12)15-18(16)14(3,4)5/h11-13,15H,8-10H2,1-7H3/t13-,18?/m0/s1. The van der Waals surface area contributed by atoms with E-state index >= 15 is 0 Å². The molecule has 19 heavy (non-hydrogen) atoms. The highest BCUT2D eigenvalue weighted by Gasteiger charge is 2.41. The molecular formula is C14H31NO2SSi. The second-order valence-corrected chi connectivity index (χ2v) is 13.7. The van der Waals surface area contributed by atoms with Crippen molar-refractivity contribution in [3.63, 3.8) is 0 Å². The minimum absolute atomic E-state index is 0.197. The Hall–Kier alpha value is 0.447. The predicted octanol–water partition coefficient (Wildman–Crippen LogP) is 3.45. The third-order valence-electron chi connectivity index (χ3n) is 3.27. The maximum atomic E-state index is 12.3. The van der Waals surface area contributed by atoms with Crippen LogP contribution in [0.15, 0.2) is 0 Å². The van der Waals surface area contributed by atoms with Crippen molar-refractivity contribution in [2.45, 2.75) is 83.5 Å². The molecule has 1 aliphatic carbocycles. The first kappa shape index (κ1) is 17.5. The van der Waals surface area contributed by atoms with Crippen LogP contribution < -0.4 is 4.72 Å². The van der Waals surface area contributed by atoms with E-state index in [1.54, 1.807) is 0 Å². The lowest BCUT2D eigenvalue weighted by Crippen LogP contribution is -2.49. The molecule has 1 aliphatic rings. The summed E-state index contributed by atoms with van der Waals surface area (Å²) in [6.07, 6.45) is 2.82. The van der Waals surface area contributed by atoms with E-state index in [9.17, 15) is 4.55 Å². The quantitative estimate of drug-likeness (QED) is 0.579. The Labute approximate surface area is 123 Å². The first-order valence-electron chi connectivity index (χ1n) is 7.37. The molecular weight excluding hydrogens is 274 g/mol. The lowest BCUT2D eigenvalue weighted by Gasteiger charge is -2.33. The highest BCUT2D eigenvalue weighted by Crippen LogP contribution is 2.37. The molecule has 0 heterocycles. The van der Waals surface area contributed by atoms with E-state index in [2.05, 4.69) is 31.7 Å². The fourth-order valence-electron chi connectivity index (χ4n) is 2.33. The maximum absolute atomic E-state index is 12.3. The van der Waals surface area contributed by atoms with Crippen molar-refractivity contribution in [2.75, 3.05) is 0 Å². The van der Waals surface area contributed by atoms with Crippen LogP contribution in [0.25, 0.3) is 0 Å². The first-order chi connectivity index (χ1) is 8.51. The number of hydrogen-bond acceptors (Lipinski definition) is 3. The molecule has 0 spiro atoms. The Balaban J connectivity index is 2.58. The van der Waals surface area contributed by atoms with Gasteiger partial charge in [0.2, 0.25) is 0 Å². The summed E-state index contributed by atoms with van der Waals surface area (Å²) in [5.41, 5.74) is 0. The van der Waals surface area contributed by atoms with Crippen LogP contribution >= 0.6 is 0 Å². The van der Waals surface area contributed by atoms with Gasteiger partial charge < -0.3 is 8.98 Å². The molecule has 2 atom stereocenters. The molecule has 1 unspecified atom stereocenters. The fraction of sp³-hybridized carbons (Fsp3) is 1.00. The summed E-state index contributed by atoms with van der Waals surface area (Å²) in [5, 5.41) is 0. The van der Waals surface area contributed by atoms with Crippen molar-refractivity contribution >= 4 is 19.7 Å². The smallest absolute Gasteiger partial charge is 0.188 e. The molecule has 0 bridgehead atoms. The second kappa shape index (κ2) is 6.48. The molecule has 0 aliphatic heterocycles. The molecule has 1 fully saturated rings. The zero-order valence-corrected chi connectivity index (χ0v) is 15.4. The summed E-state index contributed by atoms with van der Waals surface area (Å²) in [7, 11) is -1.68. The molecule has 1 N–H and O–H groups in total. The van der Waals surface area contributed by atoms with Gasteiger partial charge in [-0.25, -0.2) is 0 Å². The number of hydrogen-bond donors (Lipinski definition) is 1. The van der Waals surface area contributed by atoms with Crippen LogP contribution in [0.4, 0.5) is 0 Å². The zero-order valence-electron chi connectivity index (χ0n) is 13.6. The molecule has 0 aromatic rings. The summed E-state index contributed by atoms with van der Waals surface area (Å²) in [4.78, 5) is 0. The van der Waals surface area contributed by atoms with Crippen LogP contribution in [0.5, 0.6) is 0 Å². The Kier molecular flexibility index (Phi) is 5.96. The van der Waals surface area contributed by atoms with Gasteiger partial charge in [0.15, 0.2) is 8.32 Å². The molecule has 3 nitrogen and oxygen atoms in total. The highest BCUT2D eigenvalue weighted by molar-refractivity contribution is 7.90. The van der Waals surface area contributed by atoms with E-state index < -0.39 is 19.7 Å². The van der Waals surface area contributed by atoms with Gasteiger partial charge in [0.05, 0.1) is 6.04 Å². The van der Waals surface area contributed by atoms with E-state index in [-0.39, 0.29) is 10.9 Å². The molecule has 5 heteroatoms. The van der Waals surface area contributed by atoms with Gasteiger partial charge in [-0.05, 0) is 72.5 Å². The van der Waals surface area contributed by atoms with E-state index in [1.165, 1.54) is 12.8 Å². The van der Waals surface area contributed by atoms with E-state index in [0.717, 1.165) is 6.04 Å². The highest BCUT2D eigenvalue weighted by atomic mass is 32.2. The Morgan fingerprint density at radius 1 is 1.32 bits per heavy atom. The Morgan fingerprint density at radius 2 is 1.84 bits per heavy atom. The zero-order chi connectivity index (χ0) is 14.8. The second-order valence-electron chi connectivity index (χ2n) is 7.57. The van der Waals surface area contributed by atoms with Crippen molar-refractivity contribution < 1.29 is 8.98 Å². The third-order valence-corrected chi connectivity index (χ3v) is 7.43. The lowest BCUT2D eigenvalue weighted by molar-refractivity contribution is 0.228. The largest absolute Gasteiger partial charge is 0.598 e. The van der Waals surface area contributed by atoms with Crippen LogP contribution in [-0.2, 0) is 15.8 Å². The first-order valence-corrected chi connectivity index (χ1v) is 11.6. The van der Waals surface area contributed by atoms with Crippen LogP contribution in [0.2, 0.25) is 19.1 Å². The van der Waals surface area contributed by atoms with Crippen molar-refractivity contribution in [2.24, 2.45) is 5.92 Å².